The number of halogens is 3. The number of rotatable bonds is 4. The highest BCUT2D eigenvalue weighted by Gasteiger charge is 2.23. The molecule has 5 nitrogen and oxygen atoms in total. The largest absolute Gasteiger partial charge is 0.320 e. The van der Waals surface area contributed by atoms with Gasteiger partial charge < -0.3 is 5.32 Å². The number of alkyl halides is 2. The highest BCUT2D eigenvalue weighted by Crippen LogP contribution is 2.38. The van der Waals surface area contributed by atoms with Crippen molar-refractivity contribution < 1.29 is 13.6 Å². The second kappa shape index (κ2) is 8.64. The monoisotopic (exact) mass is 469 g/mol. The van der Waals surface area contributed by atoms with Crippen LogP contribution in [0.5, 0.6) is 0 Å². The minimum atomic E-state index is -2.67. The minimum Gasteiger partial charge on any atom is -0.320 e. The third-order valence-electron chi connectivity index (χ3n) is 5.04. The van der Waals surface area contributed by atoms with Gasteiger partial charge in [-0.2, -0.15) is 8.78 Å². The Balaban J connectivity index is 1.73. The van der Waals surface area contributed by atoms with Crippen molar-refractivity contribution >= 4 is 56.5 Å². The number of aryl methyl sites for hydroxylation is 2. The van der Waals surface area contributed by atoms with Crippen LogP contribution in [-0.4, -0.2) is 21.2 Å². The van der Waals surface area contributed by atoms with Crippen LogP contribution in [0.15, 0.2) is 27.9 Å². The smallest absolute Gasteiger partial charge is 0.289 e. The van der Waals surface area contributed by atoms with E-state index in [4.69, 9.17) is 11.6 Å². The van der Waals surface area contributed by atoms with Crippen molar-refractivity contribution in [3.8, 4) is 0 Å². The van der Waals surface area contributed by atoms with Crippen LogP contribution in [0.4, 0.5) is 14.5 Å². The zero-order valence-electron chi connectivity index (χ0n) is 16.0. The van der Waals surface area contributed by atoms with Crippen LogP contribution in [0, 0.1) is 6.92 Å². The summed E-state index contributed by atoms with van der Waals surface area (Å²) in [6, 6.07) is 4.59. The molecule has 3 heterocycles. The van der Waals surface area contributed by atoms with Gasteiger partial charge in [-0.05, 0) is 37.5 Å². The molecule has 1 aliphatic rings. The Labute approximate surface area is 184 Å². The number of carbonyl (C=O) groups excluding carboxylic acids is 1. The summed E-state index contributed by atoms with van der Waals surface area (Å²) in [7, 11) is 0. The van der Waals surface area contributed by atoms with Crippen LogP contribution < -0.4 is 10.9 Å². The van der Waals surface area contributed by atoms with Gasteiger partial charge in [0.2, 0.25) is 0 Å². The lowest BCUT2D eigenvalue weighted by Crippen LogP contribution is -2.24. The number of amides is 1. The second-order valence-corrected chi connectivity index (χ2v) is 9.39. The number of anilines is 1. The van der Waals surface area contributed by atoms with Crippen LogP contribution in [0.1, 0.15) is 40.3 Å². The van der Waals surface area contributed by atoms with E-state index in [0.29, 0.717) is 27.2 Å². The average molecular weight is 470 g/mol. The summed E-state index contributed by atoms with van der Waals surface area (Å²) < 4.78 is 27.5. The summed E-state index contributed by atoms with van der Waals surface area (Å²) in [5.74, 6) is -2.40. The standard InChI is InChI=1S/C20H18ClF2N3O2S2/c1-10-14-18(25-13-8-3-2-4-9-26(13)19(14)28)29-15(10)17(27)24-12-7-5-6-11(21)16(12)30-20(22)23/h5-7,20H,2-4,8-9H2,1H3,(H,24,27). The van der Waals surface area contributed by atoms with Gasteiger partial charge in [-0.3, -0.25) is 14.2 Å². The molecule has 0 spiro atoms. The number of aromatic nitrogens is 2. The maximum absolute atomic E-state index is 13.1. The number of nitrogens with one attached hydrogen (secondary N) is 1. The van der Waals surface area contributed by atoms with Gasteiger partial charge in [0.15, 0.2) is 0 Å². The van der Waals surface area contributed by atoms with Gasteiger partial charge in [0.25, 0.3) is 17.2 Å². The molecule has 2 aromatic heterocycles. The summed E-state index contributed by atoms with van der Waals surface area (Å²) in [5.41, 5.74) is 0.631. The quantitative estimate of drug-likeness (QED) is 0.497. The summed E-state index contributed by atoms with van der Waals surface area (Å²) >= 11 is 7.47. The van der Waals surface area contributed by atoms with Crippen molar-refractivity contribution in [2.24, 2.45) is 0 Å². The number of carbonyl (C=O) groups is 1. The molecule has 0 atom stereocenters. The summed E-state index contributed by atoms with van der Waals surface area (Å²) in [6.45, 7) is 2.35. The number of benzene rings is 1. The molecule has 10 heteroatoms. The van der Waals surface area contributed by atoms with Crippen LogP contribution in [0.25, 0.3) is 10.2 Å². The van der Waals surface area contributed by atoms with Crippen LogP contribution in [0.2, 0.25) is 5.02 Å². The lowest BCUT2D eigenvalue weighted by Gasteiger charge is -2.11. The van der Waals surface area contributed by atoms with E-state index < -0.39 is 11.7 Å². The first-order valence-electron chi connectivity index (χ1n) is 9.44. The fourth-order valence-corrected chi connectivity index (χ4v) is 5.62. The Kier molecular flexibility index (Phi) is 6.13. The Bertz CT molecular complexity index is 1190. The molecule has 158 valence electrons. The maximum atomic E-state index is 13.1. The molecule has 3 aromatic rings. The lowest BCUT2D eigenvalue weighted by atomic mass is 10.2. The summed E-state index contributed by atoms with van der Waals surface area (Å²) in [6.07, 6.45) is 3.70. The molecule has 30 heavy (non-hydrogen) atoms. The van der Waals surface area contributed by atoms with Gasteiger partial charge in [-0.25, -0.2) is 4.98 Å². The van der Waals surface area contributed by atoms with Crippen molar-refractivity contribution in [2.75, 3.05) is 5.32 Å². The SMILES string of the molecule is Cc1c(C(=O)Nc2cccc(Cl)c2SC(F)F)sc2nc3n(c(=O)c12)CCCCC3. The van der Waals surface area contributed by atoms with E-state index in [0.717, 1.165) is 42.8 Å². The summed E-state index contributed by atoms with van der Waals surface area (Å²) in [5, 5.41) is 3.25. The molecule has 0 aliphatic carbocycles. The van der Waals surface area contributed by atoms with E-state index in [9.17, 15) is 18.4 Å². The first-order chi connectivity index (χ1) is 14.4. The Morgan fingerprint density at radius 1 is 1.33 bits per heavy atom. The first-order valence-corrected chi connectivity index (χ1v) is 11.5. The molecule has 0 fully saturated rings. The molecule has 0 saturated heterocycles. The number of hydrogen-bond donors (Lipinski definition) is 1. The van der Waals surface area contributed by atoms with Crippen molar-refractivity contribution in [1.29, 1.82) is 0 Å². The number of thioether (sulfide) groups is 1. The zero-order valence-corrected chi connectivity index (χ0v) is 18.4. The summed E-state index contributed by atoms with van der Waals surface area (Å²) in [4.78, 5) is 31.6. The maximum Gasteiger partial charge on any atom is 0.289 e. The van der Waals surface area contributed by atoms with E-state index >= 15 is 0 Å². The molecule has 0 unspecified atom stereocenters. The van der Waals surface area contributed by atoms with Crippen LogP contribution in [0.3, 0.4) is 0 Å². The number of nitrogens with zero attached hydrogens (tertiary/aromatic N) is 2. The Morgan fingerprint density at radius 2 is 2.13 bits per heavy atom. The van der Waals surface area contributed by atoms with Crippen LogP contribution in [-0.2, 0) is 13.0 Å². The van der Waals surface area contributed by atoms with Crippen molar-refractivity contribution in [3.63, 3.8) is 0 Å². The number of fused-ring (bicyclic) bond motifs is 2. The van der Waals surface area contributed by atoms with E-state index in [1.54, 1.807) is 17.6 Å². The normalized spacial score (nSPS) is 14.0. The third-order valence-corrected chi connectivity index (χ3v) is 7.51. The lowest BCUT2D eigenvalue weighted by molar-refractivity contribution is 0.103. The van der Waals surface area contributed by atoms with Crippen molar-refractivity contribution in [3.05, 3.63) is 49.8 Å². The topological polar surface area (TPSA) is 64.0 Å². The van der Waals surface area contributed by atoms with Crippen LogP contribution >= 0.6 is 34.7 Å². The number of thiophene rings is 1. The first kappa shape index (κ1) is 21.3. The van der Waals surface area contributed by atoms with Gasteiger partial charge in [0.05, 0.1) is 25.9 Å². The van der Waals surface area contributed by atoms with Gasteiger partial charge in [-0.15, -0.1) is 11.3 Å². The third kappa shape index (κ3) is 3.98. The Morgan fingerprint density at radius 3 is 2.90 bits per heavy atom. The van der Waals surface area contributed by atoms with Gasteiger partial charge in [0, 0.05) is 13.0 Å². The predicted molar refractivity (Wildman–Crippen MR) is 117 cm³/mol. The fraction of sp³-hybridized carbons (Fsp3) is 0.350. The van der Waals surface area contributed by atoms with Gasteiger partial charge in [0.1, 0.15) is 10.7 Å². The second-order valence-electron chi connectivity index (χ2n) is 6.98. The van der Waals surface area contributed by atoms with E-state index in [-0.39, 0.29) is 32.9 Å². The Hall–Kier alpha value is -1.97. The number of hydrogen-bond acceptors (Lipinski definition) is 5. The van der Waals surface area contributed by atoms with Gasteiger partial charge in [-0.1, -0.05) is 35.9 Å². The molecular weight excluding hydrogens is 452 g/mol. The highest BCUT2D eigenvalue weighted by atomic mass is 35.5. The fourth-order valence-electron chi connectivity index (χ4n) is 3.62. The van der Waals surface area contributed by atoms with Gasteiger partial charge >= 0.3 is 0 Å². The molecule has 1 aliphatic heterocycles. The van der Waals surface area contributed by atoms with E-state index in [1.807, 2.05) is 0 Å². The molecular formula is C20H18ClF2N3O2S2. The van der Waals surface area contributed by atoms with E-state index in [2.05, 4.69) is 10.3 Å². The highest BCUT2D eigenvalue weighted by molar-refractivity contribution is 7.99. The van der Waals surface area contributed by atoms with Crippen molar-refractivity contribution in [1.82, 2.24) is 9.55 Å². The zero-order chi connectivity index (χ0) is 21.4. The molecule has 0 bridgehead atoms. The molecule has 1 aromatic carbocycles. The molecule has 4 rings (SSSR count). The molecule has 0 radical (unpaired) electrons. The van der Waals surface area contributed by atoms with E-state index in [1.165, 1.54) is 12.1 Å². The average Bonchev–Trinajstić information content (AvgIpc) is 2.86. The molecule has 0 saturated carbocycles. The van der Waals surface area contributed by atoms with Crippen molar-refractivity contribution in [2.45, 2.75) is 49.8 Å². The molecule has 1 amide bonds. The minimum absolute atomic E-state index is 0.103. The molecule has 1 N–H and O–H groups in total. The predicted octanol–water partition coefficient (Wildman–Crippen LogP) is 5.71.